The van der Waals surface area contributed by atoms with Crippen LogP contribution in [-0.4, -0.2) is 58.6 Å². The van der Waals surface area contributed by atoms with E-state index in [4.69, 9.17) is 4.98 Å². The number of fused-ring (bicyclic) bond motifs is 2. The smallest absolute Gasteiger partial charge is 0.229 e. The van der Waals surface area contributed by atoms with Crippen LogP contribution in [0, 0.1) is 12.8 Å². The third-order valence-electron chi connectivity index (χ3n) is 6.19. The van der Waals surface area contributed by atoms with Crippen LogP contribution >= 0.6 is 0 Å². The minimum Gasteiger partial charge on any atom is -0.354 e. The highest BCUT2D eigenvalue weighted by Gasteiger charge is 2.37. The van der Waals surface area contributed by atoms with Crippen LogP contribution in [0.1, 0.15) is 22.4 Å². The van der Waals surface area contributed by atoms with Gasteiger partial charge in [-0.15, -0.1) is 0 Å². The average molecular weight is 405 g/mol. The zero-order valence-corrected chi connectivity index (χ0v) is 17.6. The van der Waals surface area contributed by atoms with Crippen LogP contribution in [-0.2, 0) is 24.2 Å². The lowest BCUT2D eigenvalue weighted by Gasteiger charge is -2.42. The molecule has 7 nitrogen and oxygen atoms in total. The van der Waals surface area contributed by atoms with Crippen molar-refractivity contribution in [3.8, 4) is 0 Å². The lowest BCUT2D eigenvalue weighted by molar-refractivity contribution is -0.135. The SMILES string of the molecule is Cc1cccc(CN(C)C(=O)C2CN(c3c4c(nc5ccnn35)CCNCC4)C2)c1. The van der Waals surface area contributed by atoms with E-state index in [0.717, 1.165) is 56.2 Å². The number of carbonyl (C=O) groups excluding carboxylic acids is 1. The molecule has 1 fully saturated rings. The molecule has 0 bridgehead atoms. The molecule has 1 amide bonds. The van der Waals surface area contributed by atoms with Gasteiger partial charge in [0.2, 0.25) is 5.91 Å². The number of hydrogen-bond acceptors (Lipinski definition) is 5. The molecule has 0 saturated carbocycles. The Morgan fingerprint density at radius 1 is 1.23 bits per heavy atom. The zero-order chi connectivity index (χ0) is 20.7. The van der Waals surface area contributed by atoms with Crippen LogP contribution in [0.5, 0.6) is 0 Å². The molecule has 1 saturated heterocycles. The summed E-state index contributed by atoms with van der Waals surface area (Å²) in [4.78, 5) is 22.0. The van der Waals surface area contributed by atoms with Crippen LogP contribution in [0.3, 0.4) is 0 Å². The van der Waals surface area contributed by atoms with Gasteiger partial charge in [0.05, 0.1) is 17.8 Å². The summed E-state index contributed by atoms with van der Waals surface area (Å²) in [5, 5.41) is 7.99. The standard InChI is InChI=1S/C23H28N6O/c1-16-4-3-5-17(12-16)13-27(2)23(30)18-14-28(15-18)22-19-6-9-24-10-7-20(19)26-21-8-11-25-29(21)22/h3-5,8,11-12,18,24H,6-7,9-10,13-15H2,1-2H3. The van der Waals surface area contributed by atoms with Crippen molar-refractivity contribution in [1.82, 2.24) is 24.8 Å². The normalized spacial score (nSPS) is 16.8. The van der Waals surface area contributed by atoms with E-state index in [1.807, 2.05) is 34.8 Å². The molecule has 2 aromatic heterocycles. The predicted molar refractivity (Wildman–Crippen MR) is 117 cm³/mol. The average Bonchev–Trinajstić information content (AvgIpc) is 3.03. The number of nitrogens with one attached hydrogen (secondary N) is 1. The van der Waals surface area contributed by atoms with Gasteiger partial charge < -0.3 is 15.1 Å². The summed E-state index contributed by atoms with van der Waals surface area (Å²) >= 11 is 0. The summed E-state index contributed by atoms with van der Waals surface area (Å²) in [5.74, 6) is 1.36. The molecular formula is C23H28N6O. The summed E-state index contributed by atoms with van der Waals surface area (Å²) in [6.07, 6.45) is 3.68. The van der Waals surface area contributed by atoms with Gasteiger partial charge in [0.1, 0.15) is 5.82 Å². The Bertz CT molecular complexity index is 1080. The maximum absolute atomic E-state index is 13.0. The maximum Gasteiger partial charge on any atom is 0.229 e. The number of aromatic nitrogens is 3. The van der Waals surface area contributed by atoms with E-state index in [2.05, 4.69) is 40.4 Å². The summed E-state index contributed by atoms with van der Waals surface area (Å²) in [7, 11) is 1.91. The van der Waals surface area contributed by atoms with Crippen molar-refractivity contribution in [3.63, 3.8) is 0 Å². The predicted octanol–water partition coefficient (Wildman–Crippen LogP) is 1.82. The van der Waals surface area contributed by atoms with E-state index >= 15 is 0 Å². The number of carbonyl (C=O) groups is 1. The zero-order valence-electron chi connectivity index (χ0n) is 17.6. The first-order valence-electron chi connectivity index (χ1n) is 10.7. The van der Waals surface area contributed by atoms with Crippen molar-refractivity contribution < 1.29 is 4.79 Å². The highest BCUT2D eigenvalue weighted by atomic mass is 16.2. The summed E-state index contributed by atoms with van der Waals surface area (Å²) in [6, 6.07) is 10.3. The second-order valence-electron chi connectivity index (χ2n) is 8.50. The fourth-order valence-electron chi connectivity index (χ4n) is 4.62. The van der Waals surface area contributed by atoms with Crippen molar-refractivity contribution in [2.24, 2.45) is 5.92 Å². The second kappa shape index (κ2) is 7.72. The van der Waals surface area contributed by atoms with E-state index in [-0.39, 0.29) is 11.8 Å². The number of nitrogens with zero attached hydrogens (tertiary/aromatic N) is 5. The van der Waals surface area contributed by atoms with Crippen LogP contribution in [0.2, 0.25) is 0 Å². The van der Waals surface area contributed by atoms with Crippen molar-refractivity contribution >= 4 is 17.4 Å². The first-order valence-corrected chi connectivity index (χ1v) is 10.7. The van der Waals surface area contributed by atoms with Crippen LogP contribution in [0.15, 0.2) is 36.5 Å². The van der Waals surface area contributed by atoms with Crippen LogP contribution < -0.4 is 10.2 Å². The Kier molecular flexibility index (Phi) is 4.90. The van der Waals surface area contributed by atoms with Crippen LogP contribution in [0.4, 0.5) is 5.82 Å². The van der Waals surface area contributed by atoms with Gasteiger partial charge in [0.15, 0.2) is 5.65 Å². The molecule has 1 N–H and O–H groups in total. The molecule has 0 atom stereocenters. The molecule has 7 heteroatoms. The van der Waals surface area contributed by atoms with Gasteiger partial charge in [-0.2, -0.15) is 9.61 Å². The van der Waals surface area contributed by atoms with E-state index in [0.29, 0.717) is 6.54 Å². The quantitative estimate of drug-likeness (QED) is 0.719. The lowest BCUT2D eigenvalue weighted by atomic mass is 9.96. The number of aryl methyl sites for hydroxylation is 1. The highest BCUT2D eigenvalue weighted by Crippen LogP contribution is 2.32. The summed E-state index contributed by atoms with van der Waals surface area (Å²) in [6.45, 7) is 6.10. The first kappa shape index (κ1) is 19.1. The molecule has 0 aliphatic carbocycles. The molecule has 30 heavy (non-hydrogen) atoms. The molecule has 2 aliphatic heterocycles. The topological polar surface area (TPSA) is 65.8 Å². The Balaban J connectivity index is 1.33. The molecular weight excluding hydrogens is 376 g/mol. The van der Waals surface area contributed by atoms with Crippen LogP contribution in [0.25, 0.3) is 5.65 Å². The van der Waals surface area contributed by atoms with E-state index in [1.165, 1.54) is 16.7 Å². The molecule has 3 aromatic rings. The fraction of sp³-hybridized carbons (Fsp3) is 0.435. The number of rotatable bonds is 4. The summed E-state index contributed by atoms with van der Waals surface area (Å²) in [5.41, 5.74) is 5.72. The lowest BCUT2D eigenvalue weighted by Crippen LogP contribution is -2.54. The molecule has 0 unspecified atom stereocenters. The number of benzene rings is 1. The Hall–Kier alpha value is -2.93. The molecule has 0 radical (unpaired) electrons. The van der Waals surface area contributed by atoms with Crippen molar-refractivity contribution in [2.75, 3.05) is 38.1 Å². The third-order valence-corrected chi connectivity index (χ3v) is 6.19. The first-order chi connectivity index (χ1) is 14.6. The molecule has 5 rings (SSSR count). The molecule has 0 spiro atoms. The number of anilines is 1. The Labute approximate surface area is 176 Å². The maximum atomic E-state index is 13.0. The van der Waals surface area contributed by atoms with Gasteiger partial charge in [-0.05, 0) is 25.5 Å². The minimum absolute atomic E-state index is 0.0261. The van der Waals surface area contributed by atoms with Gasteiger partial charge >= 0.3 is 0 Å². The molecule has 156 valence electrons. The van der Waals surface area contributed by atoms with Gasteiger partial charge in [-0.1, -0.05) is 29.8 Å². The van der Waals surface area contributed by atoms with E-state index < -0.39 is 0 Å². The third kappa shape index (κ3) is 3.43. The van der Waals surface area contributed by atoms with Gasteiger partial charge in [0.25, 0.3) is 0 Å². The molecule has 1 aromatic carbocycles. The van der Waals surface area contributed by atoms with Gasteiger partial charge in [0, 0.05) is 51.3 Å². The molecule has 2 aliphatic rings. The largest absolute Gasteiger partial charge is 0.354 e. The summed E-state index contributed by atoms with van der Waals surface area (Å²) < 4.78 is 1.95. The minimum atomic E-state index is 0.0261. The van der Waals surface area contributed by atoms with Crippen molar-refractivity contribution in [1.29, 1.82) is 0 Å². The Morgan fingerprint density at radius 2 is 2.07 bits per heavy atom. The fourth-order valence-corrected chi connectivity index (χ4v) is 4.62. The number of amides is 1. The van der Waals surface area contributed by atoms with E-state index in [1.54, 1.807) is 0 Å². The van der Waals surface area contributed by atoms with Crippen molar-refractivity contribution in [3.05, 3.63) is 58.9 Å². The highest BCUT2D eigenvalue weighted by molar-refractivity contribution is 5.82. The van der Waals surface area contributed by atoms with Gasteiger partial charge in [-0.3, -0.25) is 4.79 Å². The Morgan fingerprint density at radius 3 is 2.90 bits per heavy atom. The second-order valence-corrected chi connectivity index (χ2v) is 8.50. The van der Waals surface area contributed by atoms with E-state index in [9.17, 15) is 4.79 Å². The number of hydrogen-bond donors (Lipinski definition) is 1. The van der Waals surface area contributed by atoms with Crippen molar-refractivity contribution in [2.45, 2.75) is 26.3 Å². The monoisotopic (exact) mass is 404 g/mol. The molecule has 4 heterocycles. The van der Waals surface area contributed by atoms with Gasteiger partial charge in [-0.25, -0.2) is 4.98 Å².